The van der Waals surface area contributed by atoms with Gasteiger partial charge < -0.3 is 4.74 Å². The molecular formula is C10H11ClO3S. The molecule has 0 fully saturated rings. The fraction of sp³-hybridized carbons (Fsp3) is 0.400. The minimum absolute atomic E-state index is 0.564. The molecule has 0 amide bonds. The molecule has 15 heavy (non-hydrogen) atoms. The number of methoxy groups -OCH3 is 1. The van der Waals surface area contributed by atoms with Crippen LogP contribution in [0.15, 0.2) is 18.2 Å². The molecule has 0 radical (unpaired) electrons. The second-order valence-corrected chi connectivity index (χ2v) is 6.38. The van der Waals surface area contributed by atoms with Crippen LogP contribution in [0.3, 0.4) is 0 Å². The molecule has 0 aromatic heterocycles. The zero-order valence-corrected chi connectivity index (χ0v) is 9.81. The van der Waals surface area contributed by atoms with Crippen molar-refractivity contribution in [3.63, 3.8) is 0 Å². The molecule has 1 aliphatic rings. The van der Waals surface area contributed by atoms with Crippen LogP contribution in [0, 0.1) is 0 Å². The molecule has 82 valence electrons. The highest BCUT2D eigenvalue weighted by Gasteiger charge is 2.32. The monoisotopic (exact) mass is 246 g/mol. The van der Waals surface area contributed by atoms with Crippen LogP contribution in [-0.4, -0.2) is 15.5 Å². The molecule has 1 aromatic rings. The molecule has 1 aliphatic carbocycles. The maximum atomic E-state index is 11.3. The molecule has 0 bridgehead atoms. The van der Waals surface area contributed by atoms with Crippen molar-refractivity contribution in [2.45, 2.75) is 18.1 Å². The highest BCUT2D eigenvalue weighted by Crippen LogP contribution is 2.40. The topological polar surface area (TPSA) is 43.4 Å². The van der Waals surface area contributed by atoms with Crippen molar-refractivity contribution in [1.82, 2.24) is 0 Å². The van der Waals surface area contributed by atoms with Crippen molar-refractivity contribution < 1.29 is 13.2 Å². The maximum absolute atomic E-state index is 11.3. The molecule has 0 aliphatic heterocycles. The smallest absolute Gasteiger partial charge is 0.239 e. The third-order valence-electron chi connectivity index (χ3n) is 2.72. The van der Waals surface area contributed by atoms with E-state index < -0.39 is 14.3 Å². The van der Waals surface area contributed by atoms with Crippen molar-refractivity contribution >= 4 is 19.7 Å². The van der Waals surface area contributed by atoms with Crippen LogP contribution >= 0.6 is 10.7 Å². The number of aryl methyl sites for hydroxylation is 1. The van der Waals surface area contributed by atoms with E-state index in [4.69, 9.17) is 15.4 Å². The first-order valence-electron chi connectivity index (χ1n) is 4.62. The molecule has 1 aromatic carbocycles. The summed E-state index contributed by atoms with van der Waals surface area (Å²) in [5.41, 5.74) is 1.83. The summed E-state index contributed by atoms with van der Waals surface area (Å²) in [5, 5.41) is -0.579. The molecule has 0 saturated carbocycles. The Kier molecular flexibility index (Phi) is 2.64. The van der Waals surface area contributed by atoms with Gasteiger partial charge in [0.25, 0.3) is 0 Å². The highest BCUT2D eigenvalue weighted by atomic mass is 35.7. The lowest BCUT2D eigenvalue weighted by molar-refractivity contribution is 0.414. The Bertz CT molecular complexity index is 481. The molecule has 0 heterocycles. The summed E-state index contributed by atoms with van der Waals surface area (Å²) in [7, 11) is 3.43. The number of hydrogen-bond acceptors (Lipinski definition) is 3. The average molecular weight is 247 g/mol. The first kappa shape index (κ1) is 10.8. The van der Waals surface area contributed by atoms with Gasteiger partial charge in [-0.05, 0) is 36.1 Å². The highest BCUT2D eigenvalue weighted by molar-refractivity contribution is 8.13. The van der Waals surface area contributed by atoms with E-state index in [9.17, 15) is 8.42 Å². The Labute approximate surface area is 93.4 Å². The largest absolute Gasteiger partial charge is 0.497 e. The number of halogens is 1. The lowest BCUT2D eigenvalue weighted by Crippen LogP contribution is -2.03. The Morgan fingerprint density at radius 1 is 1.47 bits per heavy atom. The summed E-state index contributed by atoms with van der Waals surface area (Å²) in [5.74, 6) is 0.668. The van der Waals surface area contributed by atoms with Gasteiger partial charge in [-0.25, -0.2) is 8.42 Å². The molecule has 0 spiro atoms. The van der Waals surface area contributed by atoms with Crippen molar-refractivity contribution in [1.29, 1.82) is 0 Å². The lowest BCUT2D eigenvalue weighted by Gasteiger charge is -2.08. The van der Waals surface area contributed by atoms with Crippen molar-refractivity contribution in [2.24, 2.45) is 0 Å². The van der Waals surface area contributed by atoms with E-state index >= 15 is 0 Å². The molecule has 3 nitrogen and oxygen atoms in total. The van der Waals surface area contributed by atoms with E-state index in [0.717, 1.165) is 17.5 Å². The second kappa shape index (κ2) is 3.68. The Morgan fingerprint density at radius 2 is 2.20 bits per heavy atom. The minimum Gasteiger partial charge on any atom is -0.497 e. The maximum Gasteiger partial charge on any atom is 0.239 e. The number of rotatable bonds is 2. The van der Waals surface area contributed by atoms with Crippen LogP contribution in [0.25, 0.3) is 0 Å². The SMILES string of the molecule is COc1ccc2c(c1)C(S(=O)(=O)Cl)CC2. The van der Waals surface area contributed by atoms with Gasteiger partial charge in [0, 0.05) is 10.7 Å². The molecule has 1 unspecified atom stereocenters. The van der Waals surface area contributed by atoms with E-state index in [1.54, 1.807) is 13.2 Å². The zero-order valence-electron chi connectivity index (χ0n) is 8.23. The lowest BCUT2D eigenvalue weighted by atomic mass is 10.1. The fourth-order valence-corrected chi connectivity index (χ4v) is 3.44. The third kappa shape index (κ3) is 1.96. The number of hydrogen-bond donors (Lipinski definition) is 0. The van der Waals surface area contributed by atoms with Gasteiger partial charge >= 0.3 is 0 Å². The fourth-order valence-electron chi connectivity index (χ4n) is 1.96. The first-order chi connectivity index (χ1) is 7.02. The summed E-state index contributed by atoms with van der Waals surface area (Å²) >= 11 is 0. The van der Waals surface area contributed by atoms with Crippen LogP contribution in [0.2, 0.25) is 0 Å². The predicted molar refractivity (Wildman–Crippen MR) is 58.8 cm³/mol. The Hall–Kier alpha value is -0.740. The van der Waals surface area contributed by atoms with E-state index in [1.807, 2.05) is 12.1 Å². The zero-order chi connectivity index (χ0) is 11.1. The molecular weight excluding hydrogens is 236 g/mol. The van der Waals surface area contributed by atoms with E-state index in [2.05, 4.69) is 0 Å². The quantitative estimate of drug-likeness (QED) is 0.752. The van der Waals surface area contributed by atoms with Gasteiger partial charge in [0.1, 0.15) is 11.0 Å². The van der Waals surface area contributed by atoms with Crippen LogP contribution in [-0.2, 0) is 15.5 Å². The summed E-state index contributed by atoms with van der Waals surface area (Å²) in [6, 6.07) is 5.49. The van der Waals surface area contributed by atoms with Crippen LogP contribution < -0.4 is 4.74 Å². The first-order valence-corrected chi connectivity index (χ1v) is 7.00. The predicted octanol–water partition coefficient (Wildman–Crippen LogP) is 2.25. The average Bonchev–Trinajstić information content (AvgIpc) is 2.59. The standard InChI is InChI=1S/C10H11ClO3S/c1-14-8-4-2-7-3-5-10(9(7)6-8)15(11,12)13/h2,4,6,10H,3,5H2,1H3. The summed E-state index contributed by atoms with van der Waals surface area (Å²) in [6.45, 7) is 0. The van der Waals surface area contributed by atoms with Gasteiger partial charge in [0.2, 0.25) is 9.05 Å². The summed E-state index contributed by atoms with van der Waals surface area (Å²) < 4.78 is 27.7. The van der Waals surface area contributed by atoms with Gasteiger partial charge in [-0.1, -0.05) is 6.07 Å². The molecule has 0 N–H and O–H groups in total. The Morgan fingerprint density at radius 3 is 2.80 bits per heavy atom. The van der Waals surface area contributed by atoms with Crippen molar-refractivity contribution in [3.05, 3.63) is 29.3 Å². The number of benzene rings is 1. The molecule has 2 rings (SSSR count). The number of fused-ring (bicyclic) bond motifs is 1. The van der Waals surface area contributed by atoms with Gasteiger partial charge in [-0.3, -0.25) is 0 Å². The van der Waals surface area contributed by atoms with Crippen LogP contribution in [0.5, 0.6) is 5.75 Å². The number of ether oxygens (including phenoxy) is 1. The molecule has 1 atom stereocenters. The van der Waals surface area contributed by atoms with E-state index in [-0.39, 0.29) is 0 Å². The van der Waals surface area contributed by atoms with Crippen molar-refractivity contribution in [3.8, 4) is 5.75 Å². The van der Waals surface area contributed by atoms with Gasteiger partial charge in [-0.15, -0.1) is 0 Å². The third-order valence-corrected chi connectivity index (χ3v) is 4.53. The normalized spacial score (nSPS) is 20.0. The molecule has 0 saturated heterocycles. The van der Waals surface area contributed by atoms with Crippen LogP contribution in [0.4, 0.5) is 0 Å². The van der Waals surface area contributed by atoms with Crippen LogP contribution in [0.1, 0.15) is 22.8 Å². The Balaban J connectivity index is 2.49. The van der Waals surface area contributed by atoms with Gasteiger partial charge in [0.15, 0.2) is 0 Å². The van der Waals surface area contributed by atoms with Crippen molar-refractivity contribution in [2.75, 3.05) is 7.11 Å². The van der Waals surface area contributed by atoms with E-state index in [1.165, 1.54) is 0 Å². The minimum atomic E-state index is -3.52. The molecule has 5 heteroatoms. The van der Waals surface area contributed by atoms with E-state index in [0.29, 0.717) is 12.2 Å². The van der Waals surface area contributed by atoms with Gasteiger partial charge in [-0.2, -0.15) is 0 Å². The summed E-state index contributed by atoms with van der Waals surface area (Å²) in [6.07, 6.45) is 1.32. The second-order valence-electron chi connectivity index (χ2n) is 3.57. The van der Waals surface area contributed by atoms with Gasteiger partial charge in [0.05, 0.1) is 7.11 Å². The summed E-state index contributed by atoms with van der Waals surface area (Å²) in [4.78, 5) is 0.